The van der Waals surface area contributed by atoms with Gasteiger partial charge in [0.05, 0.1) is 37.5 Å². The van der Waals surface area contributed by atoms with Gasteiger partial charge in [-0.1, -0.05) is 5.16 Å². The number of carboxylic acid groups (broad SMARTS) is 2. The van der Waals surface area contributed by atoms with Gasteiger partial charge in [-0.05, 0) is 32.9 Å². The molecule has 1 aromatic heterocycles. The van der Waals surface area contributed by atoms with Crippen LogP contribution in [0, 0.1) is 11.7 Å². The number of amides is 2. The Bertz CT molecular complexity index is 2010. The number of anilines is 1. The first kappa shape index (κ1) is 38.6. The number of rotatable bonds is 12. The molecule has 5 atom stereocenters. The van der Waals surface area contributed by atoms with Crippen molar-refractivity contribution in [2.75, 3.05) is 38.5 Å². The fraction of sp³-hybridized carbons (Fsp3) is 0.471. The number of hydrogen-bond donors (Lipinski definition) is 5. The molecule has 5 heterocycles. The Morgan fingerprint density at radius 1 is 1.17 bits per heavy atom. The number of carbonyl (C=O) groups is 6. The van der Waals surface area contributed by atoms with Crippen LogP contribution >= 0.6 is 23.1 Å². The number of ketones is 2. The highest BCUT2D eigenvalue weighted by Crippen LogP contribution is 2.49. The molecule has 2 aromatic rings. The zero-order valence-corrected chi connectivity index (χ0v) is 31.0. The topological polar surface area (TPSA) is 250 Å². The highest BCUT2D eigenvalue weighted by Gasteiger charge is 2.57. The third-order valence-electron chi connectivity index (χ3n) is 10.5. The van der Waals surface area contributed by atoms with Gasteiger partial charge in [0.25, 0.3) is 11.7 Å². The molecule has 54 heavy (non-hydrogen) atoms. The number of carbonyl (C=O) groups excluding carboxylic acids is 4. The second kappa shape index (κ2) is 14.3. The van der Waals surface area contributed by atoms with E-state index in [-0.39, 0.29) is 59.6 Å². The first-order chi connectivity index (χ1) is 25.3. The molecule has 0 spiro atoms. The van der Waals surface area contributed by atoms with Crippen molar-refractivity contribution >= 4 is 69.3 Å². The molecular formula is C34H38FN6O11S2+. The van der Waals surface area contributed by atoms with E-state index in [0.29, 0.717) is 35.6 Å². The molecule has 1 aromatic carbocycles. The maximum Gasteiger partial charge on any atom is 0.352 e. The van der Waals surface area contributed by atoms with E-state index >= 15 is 0 Å². The molecule has 6 rings (SSSR count). The van der Waals surface area contributed by atoms with E-state index in [2.05, 4.69) is 10.1 Å². The number of phenols is 2. The zero-order valence-electron chi connectivity index (χ0n) is 29.4. The third-order valence-corrected chi connectivity index (χ3v) is 12.7. The molecule has 20 heteroatoms. The molecule has 17 nitrogen and oxygen atoms in total. The Morgan fingerprint density at radius 2 is 1.89 bits per heavy atom. The summed E-state index contributed by atoms with van der Waals surface area (Å²) >= 11 is 2.36. The molecule has 0 bridgehead atoms. The Labute approximate surface area is 315 Å². The summed E-state index contributed by atoms with van der Waals surface area (Å²) in [5, 5.41) is 43.5. The number of aromatic hydroxyl groups is 2. The van der Waals surface area contributed by atoms with Crippen molar-refractivity contribution in [2.24, 2.45) is 11.1 Å². The first-order valence-corrected chi connectivity index (χ1v) is 18.8. The van der Waals surface area contributed by atoms with Gasteiger partial charge in [0.1, 0.15) is 24.0 Å². The lowest BCUT2D eigenvalue weighted by molar-refractivity contribution is -0.938. The number of hydrogen-bond acceptors (Lipinski definition) is 14. The molecule has 4 aliphatic rings. The SMILES string of the molecule is C[C@@H]1S[C@@H]2[C@H](CC(=O)/C(=N\OC(C)(C)C(=O)O)c3csc(N)n3)C(=O)N2C(C(=O)O)=C1C[N+]12CCC[C@H]1CN(C(=O)C(=O)c1cc(O)c(O)c(F)c1)CC2. The van der Waals surface area contributed by atoms with E-state index in [1.54, 1.807) is 0 Å². The molecule has 3 fully saturated rings. The first-order valence-electron chi connectivity index (χ1n) is 16.9. The van der Waals surface area contributed by atoms with Crippen LogP contribution < -0.4 is 5.73 Å². The molecular weight excluding hydrogens is 752 g/mol. The Hall–Kier alpha value is -5.08. The van der Waals surface area contributed by atoms with Crippen molar-refractivity contribution < 1.29 is 62.9 Å². The van der Waals surface area contributed by atoms with Crippen LogP contribution in [-0.2, 0) is 28.8 Å². The second-order valence-electron chi connectivity index (χ2n) is 14.2. The Kier molecular flexibility index (Phi) is 10.2. The summed E-state index contributed by atoms with van der Waals surface area (Å²) in [6.07, 6.45) is 1.07. The van der Waals surface area contributed by atoms with Crippen LogP contribution in [0.2, 0.25) is 0 Å². The summed E-state index contributed by atoms with van der Waals surface area (Å²) in [6.45, 7) is 5.96. The summed E-state index contributed by atoms with van der Waals surface area (Å²) in [7, 11) is 0. The number of aliphatic carboxylic acids is 2. The summed E-state index contributed by atoms with van der Waals surface area (Å²) in [6, 6.07) is 1.34. The van der Waals surface area contributed by atoms with Gasteiger partial charge in [0.15, 0.2) is 33.9 Å². The van der Waals surface area contributed by atoms with E-state index in [1.165, 1.54) is 40.8 Å². The number of phenolic OH excluding ortho intramolecular Hbond substituents is 2. The van der Waals surface area contributed by atoms with E-state index in [1.807, 2.05) is 6.92 Å². The molecule has 0 aliphatic carbocycles. The number of piperazine rings is 1. The average molecular weight is 790 g/mol. The molecule has 4 aliphatic heterocycles. The van der Waals surface area contributed by atoms with E-state index < -0.39 is 75.1 Å². The van der Waals surface area contributed by atoms with Gasteiger partial charge in [-0.25, -0.2) is 19.0 Å². The highest BCUT2D eigenvalue weighted by atomic mass is 32.2. The van der Waals surface area contributed by atoms with Crippen molar-refractivity contribution in [3.05, 3.63) is 45.9 Å². The van der Waals surface area contributed by atoms with Gasteiger partial charge in [-0.15, -0.1) is 23.1 Å². The summed E-state index contributed by atoms with van der Waals surface area (Å²) < 4.78 is 14.4. The van der Waals surface area contributed by atoms with Crippen molar-refractivity contribution in [1.82, 2.24) is 14.8 Å². The predicted molar refractivity (Wildman–Crippen MR) is 190 cm³/mol. The number of β-lactam (4-membered cyclic amide) rings is 1. The van der Waals surface area contributed by atoms with Crippen LogP contribution in [0.3, 0.4) is 0 Å². The number of halogens is 1. The van der Waals surface area contributed by atoms with Gasteiger partial charge in [-0.3, -0.25) is 24.1 Å². The highest BCUT2D eigenvalue weighted by molar-refractivity contribution is 8.00. The number of thiazole rings is 1. The van der Waals surface area contributed by atoms with Gasteiger partial charge < -0.3 is 40.4 Å². The molecule has 2 amide bonds. The van der Waals surface area contributed by atoms with E-state index in [9.17, 15) is 53.6 Å². The lowest BCUT2D eigenvalue weighted by Crippen LogP contribution is -2.67. The number of nitrogens with zero attached hydrogens (tertiary/aromatic N) is 5. The van der Waals surface area contributed by atoms with Gasteiger partial charge in [0, 0.05) is 41.0 Å². The number of thioether (sulfide) groups is 1. The van der Waals surface area contributed by atoms with Crippen molar-refractivity contribution in [2.45, 2.75) is 62.3 Å². The minimum atomic E-state index is -1.79. The summed E-state index contributed by atoms with van der Waals surface area (Å²) in [5.41, 5.74) is 3.65. The van der Waals surface area contributed by atoms with Crippen LogP contribution in [0.1, 0.15) is 56.1 Å². The number of fused-ring (bicyclic) bond motifs is 2. The average Bonchev–Trinajstić information content (AvgIpc) is 3.74. The van der Waals surface area contributed by atoms with E-state index in [0.717, 1.165) is 23.8 Å². The second-order valence-corrected chi connectivity index (χ2v) is 16.6. The fourth-order valence-corrected chi connectivity index (χ4v) is 9.49. The number of quaternary nitrogens is 1. The van der Waals surface area contributed by atoms with Crippen LogP contribution in [0.15, 0.2) is 33.9 Å². The largest absolute Gasteiger partial charge is 0.504 e. The van der Waals surface area contributed by atoms with Gasteiger partial charge >= 0.3 is 11.9 Å². The van der Waals surface area contributed by atoms with Crippen molar-refractivity contribution in [1.29, 1.82) is 0 Å². The summed E-state index contributed by atoms with van der Waals surface area (Å²) in [4.78, 5) is 89.8. The van der Waals surface area contributed by atoms with Gasteiger partial charge in [0.2, 0.25) is 11.5 Å². The van der Waals surface area contributed by atoms with Crippen molar-refractivity contribution in [3.8, 4) is 11.5 Å². The van der Waals surface area contributed by atoms with Gasteiger partial charge in [-0.2, -0.15) is 0 Å². The normalized spacial score (nSPS) is 25.5. The number of benzene rings is 1. The predicted octanol–water partition coefficient (Wildman–Crippen LogP) is 1.78. The number of Topliss-reactive ketones (excluding diaryl/α,β-unsaturated/α-hetero) is 2. The Morgan fingerprint density at radius 3 is 2.52 bits per heavy atom. The number of carboxylic acids is 2. The maximum atomic E-state index is 14.0. The summed E-state index contributed by atoms with van der Waals surface area (Å²) in [5.74, 6) is -9.89. The standard InChI is InChI=1S/C34H37FN6O11S2/c1-15-19(13-41-7-4-5-17(41)12-39(6-8-41)29(47)26(44)16-9-20(35)27(45)23(43)10-16)25(31(48)49)40-28(46)18(30(40)54-15)11-22(42)24(21-14-53-33(36)37-21)38-52-34(2,3)32(50)51/h9-10,14-15,17-18,30H,4-8,11-13H2,1-3H3,(H5-,36,37,38,42,43,44,45,47,48,49,50,51)/p+1/t15-,17-,18+,30+,41?/m0/s1. The van der Waals surface area contributed by atoms with Crippen LogP contribution in [-0.4, -0.2) is 136 Å². The van der Waals surface area contributed by atoms with Crippen LogP contribution in [0.5, 0.6) is 11.5 Å². The number of aromatic nitrogens is 1. The Balaban J connectivity index is 1.19. The van der Waals surface area contributed by atoms with Crippen LogP contribution in [0.25, 0.3) is 0 Å². The van der Waals surface area contributed by atoms with Crippen molar-refractivity contribution in [3.63, 3.8) is 0 Å². The van der Waals surface area contributed by atoms with Crippen LogP contribution in [0.4, 0.5) is 9.52 Å². The molecule has 288 valence electrons. The maximum absolute atomic E-state index is 14.0. The number of oxime groups is 1. The number of nitrogens with two attached hydrogens (primary N) is 1. The minimum Gasteiger partial charge on any atom is -0.504 e. The lowest BCUT2D eigenvalue weighted by atomic mass is 9.88. The lowest BCUT2D eigenvalue weighted by Gasteiger charge is -2.53. The quantitative estimate of drug-likeness (QED) is 0.0391. The molecule has 0 saturated carbocycles. The fourth-order valence-electron chi connectivity index (χ4n) is 7.44. The molecule has 1 unspecified atom stereocenters. The third kappa shape index (κ3) is 6.88. The monoisotopic (exact) mass is 789 g/mol. The minimum absolute atomic E-state index is 0.0409. The number of nitrogen functional groups attached to an aromatic ring is 1. The molecule has 3 saturated heterocycles. The molecule has 6 N–H and O–H groups in total. The smallest absolute Gasteiger partial charge is 0.352 e. The zero-order chi connectivity index (χ0) is 39.4. The molecule has 0 radical (unpaired) electrons. The van der Waals surface area contributed by atoms with E-state index in [4.69, 9.17) is 10.6 Å².